The zero-order valence-corrected chi connectivity index (χ0v) is 30.7. The predicted octanol–water partition coefficient (Wildman–Crippen LogP) is 6.91. The maximum absolute atomic E-state index is 13.1. The second kappa shape index (κ2) is 19.1. The lowest BCUT2D eigenvalue weighted by molar-refractivity contribution is -0.136. The van der Waals surface area contributed by atoms with E-state index in [-0.39, 0.29) is 42.5 Å². The van der Waals surface area contributed by atoms with E-state index in [2.05, 4.69) is 20.8 Å². The van der Waals surface area contributed by atoms with Crippen LogP contribution in [0.15, 0.2) is 42.5 Å². The summed E-state index contributed by atoms with van der Waals surface area (Å²) >= 11 is 0. The Hall–Kier alpha value is -2.99. The first-order valence-electron chi connectivity index (χ1n) is 16.2. The SMILES string of the molecule is CC(C)Oc1ccc(CC(=O)Oc2cc(C(OS(C)(=O)=O)C(N)C(C)(C)C)ccc2OC(=O)CCCCCC(C)(C)C)cc1.CCO. The molecule has 0 aliphatic carbocycles. The third kappa shape index (κ3) is 17.7. The standard InChI is InChI=1S/C34H51NO8S.C2H6O/c1-23(2)40-26-17-14-24(15-18-26)21-30(37)42-28-22-25(31(43-44(9,38)39)32(35)34(6,7)8)16-19-27(28)41-29(36)13-11-10-12-20-33(3,4)5;1-2-3/h14-19,22-23,31-32H,10-13,20-21,35H2,1-9H3;3H,2H2,1H3. The third-order valence-electron chi connectivity index (χ3n) is 6.80. The molecule has 3 N–H and O–H groups in total. The Labute approximate surface area is 282 Å². The minimum atomic E-state index is -3.90. The van der Waals surface area contributed by atoms with Gasteiger partial charge in [0.25, 0.3) is 10.1 Å². The monoisotopic (exact) mass is 679 g/mol. The Morgan fingerprint density at radius 1 is 0.872 bits per heavy atom. The van der Waals surface area contributed by atoms with Crippen molar-refractivity contribution in [2.75, 3.05) is 12.9 Å². The predicted molar refractivity (Wildman–Crippen MR) is 185 cm³/mol. The Morgan fingerprint density at radius 2 is 1.45 bits per heavy atom. The minimum absolute atomic E-state index is 0.0182. The minimum Gasteiger partial charge on any atom is -0.491 e. The summed E-state index contributed by atoms with van der Waals surface area (Å²) in [6.45, 7) is 17.9. The van der Waals surface area contributed by atoms with Crippen LogP contribution in [0.4, 0.5) is 0 Å². The second-order valence-electron chi connectivity index (χ2n) is 14.2. The lowest BCUT2D eigenvalue weighted by atomic mass is 9.82. The van der Waals surface area contributed by atoms with Crippen molar-refractivity contribution in [1.29, 1.82) is 0 Å². The number of hydrogen-bond donors (Lipinski definition) is 2. The van der Waals surface area contributed by atoms with Crippen LogP contribution in [-0.2, 0) is 30.3 Å². The van der Waals surface area contributed by atoms with Crippen LogP contribution in [0.1, 0.15) is 112 Å². The van der Waals surface area contributed by atoms with Crippen LogP contribution in [0.3, 0.4) is 0 Å². The van der Waals surface area contributed by atoms with Gasteiger partial charge in [-0.3, -0.25) is 13.8 Å². The normalized spacial score (nSPS) is 13.3. The van der Waals surface area contributed by atoms with E-state index >= 15 is 0 Å². The Bertz CT molecular complexity index is 1360. The summed E-state index contributed by atoms with van der Waals surface area (Å²) in [5, 5.41) is 7.57. The first-order valence-corrected chi connectivity index (χ1v) is 18.0. The number of benzene rings is 2. The fraction of sp³-hybridized carbons (Fsp3) is 0.611. The number of carbonyl (C=O) groups excluding carboxylic acids is 2. The lowest BCUT2D eigenvalue weighted by Crippen LogP contribution is -2.42. The maximum atomic E-state index is 13.1. The molecule has 2 unspecified atom stereocenters. The number of ether oxygens (including phenoxy) is 3. The molecule has 0 radical (unpaired) electrons. The van der Waals surface area contributed by atoms with Gasteiger partial charge >= 0.3 is 11.9 Å². The molecule has 11 heteroatoms. The first kappa shape index (κ1) is 42.0. The Kier molecular flexibility index (Phi) is 17.1. The van der Waals surface area contributed by atoms with E-state index in [4.69, 9.17) is 29.2 Å². The molecular weight excluding hydrogens is 622 g/mol. The number of unbranched alkanes of at least 4 members (excludes halogenated alkanes) is 2. The fourth-order valence-corrected chi connectivity index (χ4v) is 5.00. The summed E-state index contributed by atoms with van der Waals surface area (Å²) in [4.78, 5) is 25.8. The van der Waals surface area contributed by atoms with E-state index in [1.54, 1.807) is 37.3 Å². The van der Waals surface area contributed by atoms with Gasteiger partial charge in [0.05, 0.1) is 18.8 Å². The molecular formula is C36H57NO9S. The van der Waals surface area contributed by atoms with E-state index in [0.717, 1.165) is 25.5 Å². The number of esters is 2. The molecule has 0 aliphatic heterocycles. The van der Waals surface area contributed by atoms with E-state index < -0.39 is 39.6 Å². The van der Waals surface area contributed by atoms with Crippen molar-refractivity contribution in [2.24, 2.45) is 16.6 Å². The highest BCUT2D eigenvalue weighted by Crippen LogP contribution is 2.37. The molecule has 0 saturated carbocycles. The van der Waals surface area contributed by atoms with Crippen LogP contribution in [0, 0.1) is 10.8 Å². The summed E-state index contributed by atoms with van der Waals surface area (Å²) in [6, 6.07) is 10.8. The van der Waals surface area contributed by atoms with Crippen LogP contribution in [0.2, 0.25) is 0 Å². The van der Waals surface area contributed by atoms with Gasteiger partial charge in [-0.05, 0) is 79.8 Å². The van der Waals surface area contributed by atoms with Gasteiger partial charge in [0, 0.05) is 19.1 Å². The molecule has 0 aliphatic rings. The lowest BCUT2D eigenvalue weighted by Gasteiger charge is -2.33. The van der Waals surface area contributed by atoms with Crippen molar-refractivity contribution in [1.82, 2.24) is 0 Å². The second-order valence-corrected chi connectivity index (χ2v) is 15.8. The molecule has 10 nitrogen and oxygen atoms in total. The van der Waals surface area contributed by atoms with Gasteiger partial charge in [-0.25, -0.2) is 0 Å². The highest BCUT2D eigenvalue weighted by Gasteiger charge is 2.34. The highest BCUT2D eigenvalue weighted by molar-refractivity contribution is 7.86. The number of hydrogen-bond acceptors (Lipinski definition) is 10. The molecule has 2 aromatic rings. The smallest absolute Gasteiger partial charge is 0.315 e. The zero-order chi connectivity index (χ0) is 36.0. The van der Waals surface area contributed by atoms with Gasteiger partial charge in [0.1, 0.15) is 11.9 Å². The summed E-state index contributed by atoms with van der Waals surface area (Å²) < 4.78 is 46.8. The van der Waals surface area contributed by atoms with E-state index in [9.17, 15) is 18.0 Å². The van der Waals surface area contributed by atoms with E-state index in [1.165, 1.54) is 12.1 Å². The summed E-state index contributed by atoms with van der Waals surface area (Å²) in [7, 11) is -3.90. The van der Waals surface area contributed by atoms with Gasteiger partial charge < -0.3 is 25.1 Å². The van der Waals surface area contributed by atoms with Crippen LogP contribution in [0.25, 0.3) is 0 Å². The van der Waals surface area contributed by atoms with E-state index in [1.807, 2.05) is 34.6 Å². The maximum Gasteiger partial charge on any atom is 0.315 e. The average molecular weight is 680 g/mol. The van der Waals surface area contributed by atoms with Gasteiger partial charge in [-0.15, -0.1) is 0 Å². The summed E-state index contributed by atoms with van der Waals surface area (Å²) in [5.41, 5.74) is 7.22. The van der Waals surface area contributed by atoms with E-state index in [0.29, 0.717) is 23.3 Å². The fourth-order valence-electron chi connectivity index (χ4n) is 4.39. The van der Waals surface area contributed by atoms with Crippen molar-refractivity contribution in [3.8, 4) is 17.2 Å². The number of aliphatic hydroxyl groups excluding tert-OH is 1. The number of nitrogens with two attached hydrogens (primary N) is 1. The molecule has 0 bridgehead atoms. The number of rotatable bonds is 15. The van der Waals surface area contributed by atoms with Crippen LogP contribution in [0.5, 0.6) is 17.2 Å². The van der Waals surface area contributed by atoms with Crippen molar-refractivity contribution >= 4 is 22.1 Å². The molecule has 0 fully saturated rings. The Balaban J connectivity index is 0.00000354. The van der Waals surface area contributed by atoms with Crippen molar-refractivity contribution < 1.29 is 41.5 Å². The van der Waals surface area contributed by atoms with Gasteiger partial charge in [-0.1, -0.05) is 72.6 Å². The Morgan fingerprint density at radius 3 is 1.96 bits per heavy atom. The molecule has 0 saturated heterocycles. The molecule has 2 rings (SSSR count). The quantitative estimate of drug-likeness (QED) is 0.0879. The molecule has 47 heavy (non-hydrogen) atoms. The highest BCUT2D eigenvalue weighted by atomic mass is 32.2. The first-order chi connectivity index (χ1) is 21.6. The number of carbonyl (C=O) groups is 2. The largest absolute Gasteiger partial charge is 0.491 e. The molecule has 2 aromatic carbocycles. The number of aliphatic hydroxyl groups is 1. The molecule has 0 aromatic heterocycles. The van der Waals surface area contributed by atoms with Gasteiger partial charge in [0.15, 0.2) is 11.5 Å². The molecule has 0 spiro atoms. The average Bonchev–Trinajstić information content (AvgIpc) is 2.92. The molecule has 0 amide bonds. The van der Waals surface area contributed by atoms with Crippen LogP contribution in [-0.4, -0.2) is 50.5 Å². The third-order valence-corrected chi connectivity index (χ3v) is 7.36. The van der Waals surface area contributed by atoms with Gasteiger partial charge in [-0.2, -0.15) is 8.42 Å². The zero-order valence-electron chi connectivity index (χ0n) is 29.9. The van der Waals surface area contributed by atoms with Crippen LogP contribution >= 0.6 is 0 Å². The topological polar surface area (TPSA) is 151 Å². The molecule has 266 valence electrons. The van der Waals surface area contributed by atoms with Crippen LogP contribution < -0.4 is 19.9 Å². The summed E-state index contributed by atoms with van der Waals surface area (Å²) in [6.07, 6.45) is 3.67. The van der Waals surface area contributed by atoms with Crippen molar-refractivity contribution in [3.63, 3.8) is 0 Å². The van der Waals surface area contributed by atoms with Gasteiger partial charge in [0.2, 0.25) is 0 Å². The molecule has 2 atom stereocenters. The van der Waals surface area contributed by atoms with Crippen molar-refractivity contribution in [2.45, 2.75) is 119 Å². The molecule has 0 heterocycles. The van der Waals surface area contributed by atoms with Crippen molar-refractivity contribution in [3.05, 3.63) is 53.6 Å². The summed E-state index contributed by atoms with van der Waals surface area (Å²) in [5.74, 6) is -0.354.